The van der Waals surface area contributed by atoms with Crippen molar-refractivity contribution in [2.24, 2.45) is 0 Å². The van der Waals surface area contributed by atoms with Gasteiger partial charge in [-0.25, -0.2) is 0 Å². The van der Waals surface area contributed by atoms with Gasteiger partial charge in [-0.05, 0) is 45.4 Å². The molecular weight excluding hydrogens is 210 g/mol. The number of likely N-dealkylation sites (N-methyl/N-ethyl adjacent to an activating group) is 1. The van der Waals surface area contributed by atoms with E-state index in [-0.39, 0.29) is 0 Å². The molecule has 0 radical (unpaired) electrons. The van der Waals surface area contributed by atoms with Gasteiger partial charge in [0.15, 0.2) is 0 Å². The van der Waals surface area contributed by atoms with Gasteiger partial charge in [-0.3, -0.25) is 4.90 Å². The minimum Gasteiger partial charge on any atom is -0.302 e. The summed E-state index contributed by atoms with van der Waals surface area (Å²) in [7, 11) is 0. The molecule has 1 heterocycles. The Bertz CT molecular complexity index is 230. The maximum absolute atomic E-state index is 8.61. The predicted molar refractivity (Wildman–Crippen MR) is 71.8 cm³/mol. The Morgan fingerprint density at radius 2 is 2.06 bits per heavy atom. The minimum atomic E-state index is 0.703. The van der Waals surface area contributed by atoms with Crippen molar-refractivity contribution < 1.29 is 0 Å². The molecule has 98 valence electrons. The molecule has 1 atom stereocenters. The second kappa shape index (κ2) is 8.49. The fourth-order valence-corrected chi connectivity index (χ4v) is 2.70. The number of hydrogen-bond acceptors (Lipinski definition) is 3. The Morgan fingerprint density at radius 1 is 1.29 bits per heavy atom. The van der Waals surface area contributed by atoms with E-state index >= 15 is 0 Å². The van der Waals surface area contributed by atoms with Gasteiger partial charge < -0.3 is 4.90 Å². The van der Waals surface area contributed by atoms with Gasteiger partial charge in [-0.15, -0.1) is 0 Å². The maximum atomic E-state index is 8.61. The van der Waals surface area contributed by atoms with E-state index in [0.717, 1.165) is 32.1 Å². The van der Waals surface area contributed by atoms with E-state index in [0.29, 0.717) is 6.42 Å². The van der Waals surface area contributed by atoms with Crippen molar-refractivity contribution in [3.63, 3.8) is 0 Å². The van der Waals surface area contributed by atoms with Gasteiger partial charge in [-0.1, -0.05) is 20.3 Å². The zero-order chi connectivity index (χ0) is 12.5. The van der Waals surface area contributed by atoms with Crippen molar-refractivity contribution in [3.05, 3.63) is 0 Å². The molecule has 1 aliphatic heterocycles. The van der Waals surface area contributed by atoms with Gasteiger partial charge in [0.2, 0.25) is 0 Å². The summed E-state index contributed by atoms with van der Waals surface area (Å²) in [6, 6.07) is 2.97. The van der Waals surface area contributed by atoms with E-state index in [9.17, 15) is 0 Å². The Labute approximate surface area is 106 Å². The molecular formula is C14H27N3. The van der Waals surface area contributed by atoms with E-state index < -0.39 is 0 Å². The molecule has 1 fully saturated rings. The summed E-state index contributed by atoms with van der Waals surface area (Å²) < 4.78 is 0. The van der Waals surface area contributed by atoms with Gasteiger partial charge >= 0.3 is 0 Å². The van der Waals surface area contributed by atoms with Crippen LogP contribution >= 0.6 is 0 Å². The van der Waals surface area contributed by atoms with Crippen molar-refractivity contribution in [1.29, 1.82) is 5.26 Å². The summed E-state index contributed by atoms with van der Waals surface area (Å²) in [5, 5.41) is 8.61. The highest BCUT2D eigenvalue weighted by Gasteiger charge is 2.23. The molecule has 1 unspecified atom stereocenters. The minimum absolute atomic E-state index is 0.703. The highest BCUT2D eigenvalue weighted by Crippen LogP contribution is 2.18. The summed E-state index contributed by atoms with van der Waals surface area (Å²) >= 11 is 0. The first-order chi connectivity index (χ1) is 8.31. The van der Waals surface area contributed by atoms with Crippen LogP contribution in [-0.2, 0) is 0 Å². The second-order valence-electron chi connectivity index (χ2n) is 4.93. The van der Waals surface area contributed by atoms with Gasteiger partial charge in [-0.2, -0.15) is 5.26 Å². The number of hydrogen-bond donors (Lipinski definition) is 0. The maximum Gasteiger partial charge on any atom is 0.0622 e. The van der Waals surface area contributed by atoms with Crippen molar-refractivity contribution in [3.8, 4) is 6.07 Å². The average Bonchev–Trinajstić information content (AvgIpc) is 2.38. The molecule has 3 heteroatoms. The molecule has 0 saturated carbocycles. The molecule has 0 aliphatic carbocycles. The van der Waals surface area contributed by atoms with Crippen molar-refractivity contribution in [1.82, 2.24) is 9.80 Å². The quantitative estimate of drug-likeness (QED) is 0.637. The van der Waals surface area contributed by atoms with Gasteiger partial charge in [0, 0.05) is 19.0 Å². The van der Waals surface area contributed by atoms with Crippen LogP contribution < -0.4 is 0 Å². The Morgan fingerprint density at radius 3 is 2.71 bits per heavy atom. The molecule has 0 aromatic rings. The lowest BCUT2D eigenvalue weighted by Gasteiger charge is -2.38. The van der Waals surface area contributed by atoms with E-state index in [1.807, 2.05) is 0 Å². The SMILES string of the molecule is CCN(CC)CC1CCCCN1CCCC#N. The highest BCUT2D eigenvalue weighted by atomic mass is 15.2. The third-order valence-corrected chi connectivity index (χ3v) is 3.85. The molecule has 0 spiro atoms. The monoisotopic (exact) mass is 237 g/mol. The van der Waals surface area contributed by atoms with Crippen LogP contribution in [0.2, 0.25) is 0 Å². The second-order valence-corrected chi connectivity index (χ2v) is 4.93. The molecule has 0 aromatic carbocycles. The molecule has 0 N–H and O–H groups in total. The predicted octanol–water partition coefficient (Wildman–Crippen LogP) is 2.49. The number of nitrogens with zero attached hydrogens (tertiary/aromatic N) is 3. The highest BCUT2D eigenvalue weighted by molar-refractivity contribution is 4.80. The summed E-state index contributed by atoms with van der Waals surface area (Å²) in [4.78, 5) is 5.13. The molecule has 0 aromatic heterocycles. The van der Waals surface area contributed by atoms with Crippen LogP contribution in [0.3, 0.4) is 0 Å². The first-order valence-corrected chi connectivity index (χ1v) is 7.15. The van der Waals surface area contributed by atoms with Crippen LogP contribution in [-0.4, -0.2) is 48.6 Å². The largest absolute Gasteiger partial charge is 0.302 e. The lowest BCUT2D eigenvalue weighted by atomic mass is 10.0. The average molecular weight is 237 g/mol. The van der Waals surface area contributed by atoms with Gasteiger partial charge in [0.1, 0.15) is 0 Å². The molecule has 1 aliphatic rings. The third kappa shape index (κ3) is 5.06. The normalized spacial score (nSPS) is 21.6. The molecule has 17 heavy (non-hydrogen) atoms. The molecule has 3 nitrogen and oxygen atoms in total. The van der Waals surface area contributed by atoms with Crippen LogP contribution in [0.15, 0.2) is 0 Å². The first-order valence-electron chi connectivity index (χ1n) is 7.15. The third-order valence-electron chi connectivity index (χ3n) is 3.85. The fraction of sp³-hybridized carbons (Fsp3) is 0.929. The summed E-state index contributed by atoms with van der Waals surface area (Å²) in [5.41, 5.74) is 0. The van der Waals surface area contributed by atoms with Crippen molar-refractivity contribution in [2.75, 3.05) is 32.7 Å². The van der Waals surface area contributed by atoms with Gasteiger partial charge in [0.05, 0.1) is 6.07 Å². The topological polar surface area (TPSA) is 30.3 Å². The summed E-state index contributed by atoms with van der Waals surface area (Å²) in [6.45, 7) is 10.3. The van der Waals surface area contributed by atoms with E-state index in [4.69, 9.17) is 5.26 Å². The van der Waals surface area contributed by atoms with E-state index in [2.05, 4.69) is 29.7 Å². The lowest BCUT2D eigenvalue weighted by Crippen LogP contribution is -2.47. The van der Waals surface area contributed by atoms with E-state index in [1.54, 1.807) is 0 Å². The summed E-state index contributed by atoms with van der Waals surface area (Å²) in [6.07, 6.45) is 5.78. The first kappa shape index (κ1) is 14.5. The zero-order valence-electron chi connectivity index (χ0n) is 11.5. The van der Waals surface area contributed by atoms with Gasteiger partial charge in [0.25, 0.3) is 0 Å². The summed E-state index contributed by atoms with van der Waals surface area (Å²) in [5.74, 6) is 0. The van der Waals surface area contributed by atoms with Crippen LogP contribution in [0.4, 0.5) is 0 Å². The number of unbranched alkanes of at least 4 members (excludes halogenated alkanes) is 1. The van der Waals surface area contributed by atoms with Crippen LogP contribution in [0.25, 0.3) is 0 Å². The Balaban J connectivity index is 2.39. The molecule has 0 amide bonds. The lowest BCUT2D eigenvalue weighted by molar-refractivity contribution is 0.107. The fourth-order valence-electron chi connectivity index (χ4n) is 2.70. The molecule has 1 rings (SSSR count). The van der Waals surface area contributed by atoms with Crippen LogP contribution in [0.1, 0.15) is 46.0 Å². The number of rotatable bonds is 7. The van der Waals surface area contributed by atoms with Crippen LogP contribution in [0.5, 0.6) is 0 Å². The molecule has 1 saturated heterocycles. The number of nitriles is 1. The zero-order valence-corrected chi connectivity index (χ0v) is 11.5. The Kier molecular flexibility index (Phi) is 7.23. The van der Waals surface area contributed by atoms with E-state index in [1.165, 1.54) is 32.4 Å². The smallest absolute Gasteiger partial charge is 0.0622 e. The van der Waals surface area contributed by atoms with Crippen molar-refractivity contribution >= 4 is 0 Å². The number of piperidine rings is 1. The standard InChI is InChI=1S/C14H27N3/c1-3-16(4-2)13-14-9-5-7-11-17(14)12-8-6-10-15/h14H,3-9,11-13H2,1-2H3. The van der Waals surface area contributed by atoms with Crippen LogP contribution in [0, 0.1) is 11.3 Å². The number of likely N-dealkylation sites (tertiary alicyclic amines) is 1. The Hall–Kier alpha value is -0.590. The van der Waals surface area contributed by atoms with Crippen molar-refractivity contribution in [2.45, 2.75) is 52.0 Å². The molecule has 0 bridgehead atoms.